The maximum absolute atomic E-state index is 12.0. The molecule has 0 bridgehead atoms. The van der Waals surface area contributed by atoms with Gasteiger partial charge in [-0.1, -0.05) is 12.9 Å². The molecule has 2 aliphatic carbocycles. The Morgan fingerprint density at radius 2 is 1.93 bits per heavy atom. The van der Waals surface area contributed by atoms with Crippen molar-refractivity contribution >= 4 is 29.7 Å². The summed E-state index contributed by atoms with van der Waals surface area (Å²) in [4.78, 5) is 16.3. The molecule has 1 aromatic rings. The van der Waals surface area contributed by atoms with Crippen molar-refractivity contribution in [1.82, 2.24) is 10.3 Å². The van der Waals surface area contributed by atoms with Crippen molar-refractivity contribution in [1.29, 1.82) is 0 Å². The number of halogens is 1. The molecule has 1 N–H and O–H groups in total. The Kier molecular flexibility index (Phi) is 8.35. The lowest BCUT2D eigenvalue weighted by Crippen LogP contribution is -2.36. The summed E-state index contributed by atoms with van der Waals surface area (Å²) >= 11 is 3.39. The van der Waals surface area contributed by atoms with Gasteiger partial charge in [0.05, 0.1) is 7.85 Å². The van der Waals surface area contributed by atoms with Gasteiger partial charge in [0.2, 0.25) is 0 Å². The summed E-state index contributed by atoms with van der Waals surface area (Å²) < 4.78 is 6.34. The Hall–Kier alpha value is -0.875. The molecule has 0 aromatic carbocycles. The number of nitrogens with one attached hydrogen (secondary N) is 1. The van der Waals surface area contributed by atoms with Gasteiger partial charge in [-0.25, -0.2) is 4.98 Å². The molecule has 0 spiro atoms. The lowest BCUT2D eigenvalue weighted by molar-refractivity contribution is -0.156. The molecule has 27 heavy (non-hydrogen) atoms. The first-order valence-electron chi connectivity index (χ1n) is 9.97. The molecule has 0 amide bonds. The highest BCUT2D eigenvalue weighted by atomic mass is 79.9. The zero-order chi connectivity index (χ0) is 20.0. The molecule has 3 rings (SSSR count). The van der Waals surface area contributed by atoms with E-state index in [0.29, 0.717) is 30.3 Å². The SMILES string of the molecule is CC(C)(C)OC(=O)CC1CCC(N[C@H]2C[C@@H]2c2ccc(Br)nc2)CC1.[B]C. The van der Waals surface area contributed by atoms with E-state index in [0.717, 1.165) is 30.3 Å². The number of carbonyl (C=O) groups is 1. The number of nitrogens with zero attached hydrogens (tertiary/aromatic N) is 1. The molecule has 148 valence electrons. The van der Waals surface area contributed by atoms with Gasteiger partial charge in [-0.2, -0.15) is 0 Å². The van der Waals surface area contributed by atoms with Crippen LogP contribution in [0.4, 0.5) is 0 Å². The van der Waals surface area contributed by atoms with Crippen LogP contribution in [0.25, 0.3) is 0 Å². The normalized spacial score (nSPS) is 27.3. The topological polar surface area (TPSA) is 51.2 Å². The lowest BCUT2D eigenvalue weighted by atomic mass is 9.84. The highest BCUT2D eigenvalue weighted by Crippen LogP contribution is 2.42. The first kappa shape index (κ1) is 22.4. The predicted molar refractivity (Wildman–Crippen MR) is 114 cm³/mol. The van der Waals surface area contributed by atoms with E-state index < -0.39 is 0 Å². The molecular formula is C21H32BBrN2O2. The van der Waals surface area contributed by atoms with Crippen molar-refractivity contribution in [2.75, 3.05) is 0 Å². The monoisotopic (exact) mass is 434 g/mol. The Labute approximate surface area is 173 Å². The maximum Gasteiger partial charge on any atom is 0.306 e. The summed E-state index contributed by atoms with van der Waals surface area (Å²) in [5.41, 5.74) is 0.956. The van der Waals surface area contributed by atoms with Crippen molar-refractivity contribution in [3.63, 3.8) is 0 Å². The number of hydrogen-bond acceptors (Lipinski definition) is 4. The Morgan fingerprint density at radius 1 is 1.26 bits per heavy atom. The van der Waals surface area contributed by atoms with E-state index in [-0.39, 0.29) is 11.6 Å². The number of ether oxygens (including phenoxy) is 1. The average molecular weight is 435 g/mol. The summed E-state index contributed by atoms with van der Waals surface area (Å²) in [6.07, 6.45) is 8.32. The number of rotatable bonds is 5. The molecule has 6 heteroatoms. The summed E-state index contributed by atoms with van der Waals surface area (Å²) in [5.74, 6) is 1.05. The Balaban J connectivity index is 0.00000126. The second kappa shape index (κ2) is 10.1. The van der Waals surface area contributed by atoms with Crippen LogP contribution in [0.2, 0.25) is 6.82 Å². The van der Waals surface area contributed by atoms with Gasteiger partial charge in [-0.05, 0) is 86.4 Å². The number of carbonyl (C=O) groups excluding carboxylic acids is 1. The minimum atomic E-state index is -0.376. The van der Waals surface area contributed by atoms with Gasteiger partial charge in [0.1, 0.15) is 10.2 Å². The fourth-order valence-electron chi connectivity index (χ4n) is 3.81. The smallest absolute Gasteiger partial charge is 0.306 e. The molecular weight excluding hydrogens is 403 g/mol. The minimum absolute atomic E-state index is 0.0473. The first-order chi connectivity index (χ1) is 12.8. The van der Waals surface area contributed by atoms with Crippen molar-refractivity contribution in [2.24, 2.45) is 5.92 Å². The zero-order valence-electron chi connectivity index (χ0n) is 17.0. The van der Waals surface area contributed by atoms with Crippen LogP contribution >= 0.6 is 15.9 Å². The van der Waals surface area contributed by atoms with Gasteiger partial charge in [0.25, 0.3) is 0 Å². The van der Waals surface area contributed by atoms with E-state index in [4.69, 9.17) is 4.74 Å². The molecule has 0 saturated heterocycles. The average Bonchev–Trinajstić information content (AvgIpc) is 3.36. The molecule has 2 fully saturated rings. The lowest BCUT2D eigenvalue weighted by Gasteiger charge is -2.30. The van der Waals surface area contributed by atoms with Crippen molar-refractivity contribution in [3.05, 3.63) is 28.5 Å². The van der Waals surface area contributed by atoms with E-state index in [1.54, 1.807) is 0 Å². The number of hydrogen-bond donors (Lipinski definition) is 1. The summed E-state index contributed by atoms with van der Waals surface area (Å²) in [7, 11) is 4.50. The molecule has 2 aliphatic rings. The third-order valence-electron chi connectivity index (χ3n) is 5.14. The highest BCUT2D eigenvalue weighted by Gasteiger charge is 2.40. The van der Waals surface area contributed by atoms with E-state index in [1.165, 1.54) is 18.8 Å². The summed E-state index contributed by atoms with van der Waals surface area (Å²) in [5, 5.41) is 3.81. The number of aromatic nitrogens is 1. The zero-order valence-corrected chi connectivity index (χ0v) is 18.6. The van der Waals surface area contributed by atoms with Crippen LogP contribution < -0.4 is 5.32 Å². The molecule has 0 unspecified atom stereocenters. The van der Waals surface area contributed by atoms with Crippen molar-refractivity contribution in [3.8, 4) is 0 Å². The van der Waals surface area contributed by atoms with Crippen molar-refractivity contribution in [2.45, 2.75) is 89.7 Å². The molecule has 2 saturated carbocycles. The summed E-state index contributed by atoms with van der Waals surface area (Å²) in [6.45, 7) is 7.29. The Bertz CT molecular complexity index is 595. The molecule has 2 radical (unpaired) electrons. The molecule has 0 aliphatic heterocycles. The molecule has 1 heterocycles. The summed E-state index contributed by atoms with van der Waals surface area (Å²) in [6, 6.07) is 5.37. The van der Waals surface area contributed by atoms with E-state index in [2.05, 4.69) is 40.1 Å². The first-order valence-corrected chi connectivity index (χ1v) is 10.8. The van der Waals surface area contributed by atoms with Gasteiger partial charge < -0.3 is 10.1 Å². The van der Waals surface area contributed by atoms with E-state index >= 15 is 0 Å². The van der Waals surface area contributed by atoms with Crippen LogP contribution in [0, 0.1) is 5.92 Å². The second-order valence-electron chi connectivity index (χ2n) is 8.54. The molecule has 4 nitrogen and oxygen atoms in total. The van der Waals surface area contributed by atoms with Gasteiger partial charge >= 0.3 is 5.97 Å². The molecule has 1 aromatic heterocycles. The van der Waals surface area contributed by atoms with Crippen molar-refractivity contribution < 1.29 is 9.53 Å². The van der Waals surface area contributed by atoms with Crippen LogP contribution in [0.15, 0.2) is 22.9 Å². The van der Waals surface area contributed by atoms with Crippen LogP contribution in [0.1, 0.15) is 70.8 Å². The fourth-order valence-corrected chi connectivity index (χ4v) is 4.04. The van der Waals surface area contributed by atoms with Crippen LogP contribution in [0.5, 0.6) is 0 Å². The van der Waals surface area contributed by atoms with E-state index in [1.807, 2.05) is 33.0 Å². The van der Waals surface area contributed by atoms with E-state index in [9.17, 15) is 4.79 Å². The van der Waals surface area contributed by atoms with Crippen LogP contribution in [-0.4, -0.2) is 36.5 Å². The standard InChI is InChI=1S/C20H29BrN2O2.CH3B/c1-20(2,3)25-19(24)10-13-4-7-15(8-5-13)23-17-11-16(17)14-6-9-18(21)22-12-14;1-2/h6,9,12-13,15-17,23H,4-5,7-8,10-11H2,1-3H3;1H3/t13?,15?,16-,17+;/m1./s1. The van der Waals surface area contributed by atoms with Gasteiger partial charge in [-0.15, -0.1) is 0 Å². The fraction of sp³-hybridized carbons (Fsp3) is 0.714. The predicted octanol–water partition coefficient (Wildman–Crippen LogP) is 4.78. The molecule has 2 atom stereocenters. The Morgan fingerprint density at radius 3 is 2.48 bits per heavy atom. The highest BCUT2D eigenvalue weighted by molar-refractivity contribution is 9.10. The van der Waals surface area contributed by atoms with Crippen LogP contribution in [-0.2, 0) is 9.53 Å². The minimum Gasteiger partial charge on any atom is -0.460 e. The number of pyridine rings is 1. The quantitative estimate of drug-likeness (QED) is 0.411. The second-order valence-corrected chi connectivity index (χ2v) is 9.35. The van der Waals surface area contributed by atoms with Gasteiger partial charge in [0, 0.05) is 30.6 Å². The largest absolute Gasteiger partial charge is 0.460 e. The maximum atomic E-state index is 12.0. The van der Waals surface area contributed by atoms with Gasteiger partial charge in [0.15, 0.2) is 0 Å². The van der Waals surface area contributed by atoms with Gasteiger partial charge in [-0.3, -0.25) is 4.79 Å². The van der Waals surface area contributed by atoms with Crippen LogP contribution in [0.3, 0.4) is 0 Å². The third kappa shape index (κ3) is 7.57. The number of esters is 1. The third-order valence-corrected chi connectivity index (χ3v) is 5.61.